The second-order valence-electron chi connectivity index (χ2n) is 5.28. The molecular weight excluding hydrogens is 361 g/mol. The number of ether oxygens (including phenoxy) is 1. The van der Waals surface area contributed by atoms with Crippen LogP contribution in [0.4, 0.5) is 5.69 Å². The Morgan fingerprint density at radius 3 is 2.76 bits per heavy atom. The van der Waals surface area contributed by atoms with Gasteiger partial charge < -0.3 is 10.1 Å². The molecular formula is C18H15Cl2N3O2. The normalized spacial score (nSPS) is 10.7. The Morgan fingerprint density at radius 1 is 1.16 bits per heavy atom. The summed E-state index contributed by atoms with van der Waals surface area (Å²) in [6, 6.07) is 12.4. The van der Waals surface area contributed by atoms with Crippen molar-refractivity contribution >= 4 is 45.7 Å². The average Bonchev–Trinajstić information content (AvgIpc) is 2.62. The van der Waals surface area contributed by atoms with Gasteiger partial charge in [0.2, 0.25) is 5.88 Å². The van der Waals surface area contributed by atoms with Gasteiger partial charge >= 0.3 is 0 Å². The van der Waals surface area contributed by atoms with Crippen molar-refractivity contribution in [3.8, 4) is 5.88 Å². The number of para-hydroxylation sites is 1. The molecule has 1 amide bonds. The molecule has 1 heterocycles. The van der Waals surface area contributed by atoms with Crippen LogP contribution < -0.4 is 10.1 Å². The van der Waals surface area contributed by atoms with E-state index in [0.29, 0.717) is 33.9 Å². The molecule has 5 nitrogen and oxygen atoms in total. The first-order valence-electron chi connectivity index (χ1n) is 7.70. The fourth-order valence-electron chi connectivity index (χ4n) is 2.28. The van der Waals surface area contributed by atoms with Crippen LogP contribution in [-0.4, -0.2) is 22.5 Å². The van der Waals surface area contributed by atoms with Crippen LogP contribution in [0.25, 0.3) is 10.9 Å². The van der Waals surface area contributed by atoms with Crippen molar-refractivity contribution in [2.24, 2.45) is 0 Å². The van der Waals surface area contributed by atoms with E-state index < -0.39 is 0 Å². The number of carbonyl (C=O) groups is 1. The lowest BCUT2D eigenvalue weighted by atomic mass is 10.2. The molecule has 25 heavy (non-hydrogen) atoms. The fraction of sp³-hybridized carbons (Fsp3) is 0.167. The average molecular weight is 376 g/mol. The molecule has 0 unspecified atom stereocenters. The lowest BCUT2D eigenvalue weighted by Crippen LogP contribution is -2.21. The third-order valence-electron chi connectivity index (χ3n) is 3.47. The number of anilines is 1. The van der Waals surface area contributed by atoms with Crippen molar-refractivity contribution in [2.75, 3.05) is 11.9 Å². The van der Waals surface area contributed by atoms with E-state index in [1.165, 1.54) is 0 Å². The van der Waals surface area contributed by atoms with Gasteiger partial charge in [-0.15, -0.1) is 0 Å². The van der Waals surface area contributed by atoms with Crippen LogP contribution >= 0.6 is 23.2 Å². The van der Waals surface area contributed by atoms with Crippen LogP contribution in [0.1, 0.15) is 12.7 Å². The zero-order chi connectivity index (χ0) is 17.8. The number of carbonyl (C=O) groups excluding carboxylic acids is 1. The molecule has 128 valence electrons. The number of amides is 1. The van der Waals surface area contributed by atoms with Gasteiger partial charge in [-0.05, 0) is 30.3 Å². The molecule has 2 aromatic carbocycles. The highest BCUT2D eigenvalue weighted by Crippen LogP contribution is 2.26. The van der Waals surface area contributed by atoms with Gasteiger partial charge in [0.25, 0.3) is 5.91 Å². The largest absolute Gasteiger partial charge is 0.467 e. The molecule has 0 aliphatic heterocycles. The van der Waals surface area contributed by atoms with Gasteiger partial charge in [-0.2, -0.15) is 4.98 Å². The predicted molar refractivity (Wildman–Crippen MR) is 99.5 cm³/mol. The Bertz CT molecular complexity index is 931. The van der Waals surface area contributed by atoms with Gasteiger partial charge in [-0.1, -0.05) is 42.3 Å². The molecule has 0 fully saturated rings. The van der Waals surface area contributed by atoms with Crippen molar-refractivity contribution in [1.82, 2.24) is 9.97 Å². The zero-order valence-electron chi connectivity index (χ0n) is 13.4. The van der Waals surface area contributed by atoms with Crippen molar-refractivity contribution in [1.29, 1.82) is 0 Å². The van der Waals surface area contributed by atoms with E-state index in [0.717, 1.165) is 10.9 Å². The molecule has 0 aliphatic carbocycles. The van der Waals surface area contributed by atoms with Gasteiger partial charge in [0.1, 0.15) is 5.82 Å². The van der Waals surface area contributed by atoms with Crippen molar-refractivity contribution in [2.45, 2.75) is 13.3 Å². The quantitative estimate of drug-likeness (QED) is 0.711. The third kappa shape index (κ3) is 4.18. The Hall–Kier alpha value is -2.37. The third-order valence-corrected chi connectivity index (χ3v) is 4.04. The molecule has 0 radical (unpaired) electrons. The second kappa shape index (κ2) is 7.68. The number of hydrogen-bond donors (Lipinski definition) is 1. The highest BCUT2D eigenvalue weighted by molar-refractivity contribution is 6.35. The molecule has 0 bridgehead atoms. The molecule has 3 aromatic rings. The number of benzene rings is 2. The minimum atomic E-state index is -0.357. The van der Waals surface area contributed by atoms with E-state index in [2.05, 4.69) is 15.3 Å². The van der Waals surface area contributed by atoms with E-state index in [4.69, 9.17) is 27.9 Å². The lowest BCUT2D eigenvalue weighted by Gasteiger charge is -2.11. The summed E-state index contributed by atoms with van der Waals surface area (Å²) in [5.41, 5.74) is 1.22. The van der Waals surface area contributed by atoms with E-state index in [-0.39, 0.29) is 12.5 Å². The minimum Gasteiger partial charge on any atom is -0.467 e. The summed E-state index contributed by atoms with van der Waals surface area (Å²) < 4.78 is 5.63. The first-order valence-corrected chi connectivity index (χ1v) is 8.45. The summed E-state index contributed by atoms with van der Waals surface area (Å²) in [5, 5.41) is 4.31. The number of nitrogens with zero attached hydrogens (tertiary/aromatic N) is 2. The fourth-order valence-corrected chi connectivity index (χ4v) is 2.61. The van der Waals surface area contributed by atoms with Crippen LogP contribution in [0.2, 0.25) is 10.0 Å². The zero-order valence-corrected chi connectivity index (χ0v) is 14.9. The highest BCUT2D eigenvalue weighted by atomic mass is 35.5. The number of aromatic nitrogens is 2. The predicted octanol–water partition coefficient (Wildman–Crippen LogP) is 4.52. The number of halogens is 2. The Labute approximate surface area is 155 Å². The molecule has 7 heteroatoms. The summed E-state index contributed by atoms with van der Waals surface area (Å²) in [4.78, 5) is 21.0. The monoisotopic (exact) mass is 375 g/mol. The van der Waals surface area contributed by atoms with E-state index in [9.17, 15) is 4.79 Å². The Balaban J connectivity index is 1.76. The number of fused-ring (bicyclic) bond motifs is 1. The highest BCUT2D eigenvalue weighted by Gasteiger charge is 2.11. The van der Waals surface area contributed by atoms with Crippen LogP contribution in [0, 0.1) is 0 Å². The van der Waals surface area contributed by atoms with Gasteiger partial charge in [0.15, 0.2) is 6.61 Å². The standard InChI is InChI=1S/C18H15Cl2N3O2/c1-2-16-21-14-6-4-3-5-12(14)18(23-16)25-10-17(24)22-15-9-11(19)7-8-13(15)20/h3-9H,2,10H2,1H3,(H,22,24). The van der Waals surface area contributed by atoms with Crippen LogP contribution in [-0.2, 0) is 11.2 Å². The summed E-state index contributed by atoms with van der Waals surface area (Å²) in [6.45, 7) is 1.76. The molecule has 3 rings (SSSR count). The number of hydrogen-bond acceptors (Lipinski definition) is 4. The van der Waals surface area contributed by atoms with Crippen molar-refractivity contribution in [3.63, 3.8) is 0 Å². The topological polar surface area (TPSA) is 64.1 Å². The first kappa shape index (κ1) is 17.5. The maximum atomic E-state index is 12.2. The van der Waals surface area contributed by atoms with E-state index in [1.807, 2.05) is 31.2 Å². The van der Waals surface area contributed by atoms with Gasteiger partial charge in [-0.25, -0.2) is 4.98 Å². The number of nitrogens with one attached hydrogen (secondary N) is 1. The van der Waals surface area contributed by atoms with Crippen molar-refractivity contribution < 1.29 is 9.53 Å². The minimum absolute atomic E-state index is 0.201. The molecule has 0 aliphatic rings. The van der Waals surface area contributed by atoms with E-state index in [1.54, 1.807) is 18.2 Å². The van der Waals surface area contributed by atoms with Crippen LogP contribution in [0.5, 0.6) is 5.88 Å². The smallest absolute Gasteiger partial charge is 0.262 e. The summed E-state index contributed by atoms with van der Waals surface area (Å²) in [6.07, 6.45) is 0.672. The van der Waals surface area contributed by atoms with Gasteiger partial charge in [0.05, 0.1) is 21.6 Å². The molecule has 1 aromatic heterocycles. The lowest BCUT2D eigenvalue weighted by molar-refractivity contribution is -0.118. The number of rotatable bonds is 5. The maximum absolute atomic E-state index is 12.2. The van der Waals surface area contributed by atoms with Gasteiger partial charge in [0, 0.05) is 11.4 Å². The van der Waals surface area contributed by atoms with Crippen molar-refractivity contribution in [3.05, 3.63) is 58.3 Å². The molecule has 0 atom stereocenters. The van der Waals surface area contributed by atoms with E-state index >= 15 is 0 Å². The number of aryl methyl sites for hydroxylation is 1. The SMILES string of the molecule is CCc1nc(OCC(=O)Nc2cc(Cl)ccc2Cl)c2ccccc2n1. The summed E-state index contributed by atoms with van der Waals surface area (Å²) in [5.74, 6) is 0.687. The molecule has 0 spiro atoms. The summed E-state index contributed by atoms with van der Waals surface area (Å²) >= 11 is 12.0. The molecule has 0 saturated carbocycles. The maximum Gasteiger partial charge on any atom is 0.262 e. The Morgan fingerprint density at radius 2 is 1.96 bits per heavy atom. The van der Waals surface area contributed by atoms with Crippen LogP contribution in [0.15, 0.2) is 42.5 Å². The van der Waals surface area contributed by atoms with Crippen LogP contribution in [0.3, 0.4) is 0 Å². The molecule has 1 N–H and O–H groups in total. The summed E-state index contributed by atoms with van der Waals surface area (Å²) in [7, 11) is 0. The first-order chi connectivity index (χ1) is 12.1. The molecule has 0 saturated heterocycles. The second-order valence-corrected chi connectivity index (χ2v) is 6.12. The van der Waals surface area contributed by atoms with Gasteiger partial charge in [-0.3, -0.25) is 4.79 Å². The Kier molecular flexibility index (Phi) is 5.36.